The molecule has 0 fully saturated rings. The van der Waals surface area contributed by atoms with Crippen LogP contribution in [-0.4, -0.2) is 27.5 Å². The molecule has 0 saturated carbocycles. The van der Waals surface area contributed by atoms with E-state index in [2.05, 4.69) is 25.4 Å². The van der Waals surface area contributed by atoms with Crippen LogP contribution in [0.3, 0.4) is 0 Å². The van der Waals surface area contributed by atoms with Gasteiger partial charge in [0, 0.05) is 4.47 Å². The monoisotopic (exact) mass is 335 g/mol. The molecule has 0 saturated heterocycles. The highest BCUT2D eigenvalue weighted by Gasteiger charge is 2.24. The standard InChI is InChI=1S/C11H14BrNO4S/c1-7-4-5-10(9(12)6-7)18(15,16)13-8(2)11(14)17-3/h4-6,8,13H,1-3H3. The third-order valence-electron chi connectivity index (χ3n) is 2.26. The molecule has 100 valence electrons. The highest BCUT2D eigenvalue weighted by molar-refractivity contribution is 9.10. The van der Waals surface area contributed by atoms with Gasteiger partial charge in [0.25, 0.3) is 0 Å². The van der Waals surface area contributed by atoms with Crippen LogP contribution in [0.1, 0.15) is 12.5 Å². The first kappa shape index (κ1) is 15.1. The number of halogens is 1. The smallest absolute Gasteiger partial charge is 0.323 e. The van der Waals surface area contributed by atoms with Crippen LogP contribution in [-0.2, 0) is 19.6 Å². The molecular weight excluding hydrogens is 322 g/mol. The van der Waals surface area contributed by atoms with Gasteiger partial charge in [0.05, 0.1) is 12.0 Å². The van der Waals surface area contributed by atoms with E-state index in [9.17, 15) is 13.2 Å². The Hall–Kier alpha value is -0.920. The average Bonchev–Trinajstić information content (AvgIpc) is 2.26. The number of sulfonamides is 1. The molecule has 18 heavy (non-hydrogen) atoms. The minimum atomic E-state index is -3.76. The van der Waals surface area contributed by atoms with E-state index in [1.807, 2.05) is 6.92 Å². The number of hydrogen-bond acceptors (Lipinski definition) is 4. The lowest BCUT2D eigenvalue weighted by molar-refractivity contribution is -0.142. The van der Waals surface area contributed by atoms with E-state index >= 15 is 0 Å². The normalized spacial score (nSPS) is 13.1. The van der Waals surface area contributed by atoms with Gasteiger partial charge in [-0.25, -0.2) is 8.42 Å². The number of carbonyl (C=O) groups excluding carboxylic acids is 1. The Morgan fingerprint density at radius 3 is 2.56 bits per heavy atom. The quantitative estimate of drug-likeness (QED) is 0.848. The minimum absolute atomic E-state index is 0.0869. The van der Waals surface area contributed by atoms with Gasteiger partial charge in [0.15, 0.2) is 0 Å². The summed E-state index contributed by atoms with van der Waals surface area (Å²) in [6.07, 6.45) is 0. The molecule has 1 aromatic rings. The van der Waals surface area contributed by atoms with Crippen molar-refractivity contribution in [3.8, 4) is 0 Å². The summed E-state index contributed by atoms with van der Waals surface area (Å²) < 4.78 is 31.3. The van der Waals surface area contributed by atoms with Gasteiger partial charge >= 0.3 is 5.97 Å². The van der Waals surface area contributed by atoms with Gasteiger partial charge in [-0.2, -0.15) is 4.72 Å². The molecule has 0 aliphatic carbocycles. The van der Waals surface area contributed by atoms with E-state index in [1.165, 1.54) is 20.1 Å². The van der Waals surface area contributed by atoms with Crippen molar-refractivity contribution in [3.05, 3.63) is 28.2 Å². The highest BCUT2D eigenvalue weighted by atomic mass is 79.9. The zero-order valence-corrected chi connectivity index (χ0v) is 12.6. The predicted molar refractivity (Wildman–Crippen MR) is 70.7 cm³/mol. The molecule has 0 bridgehead atoms. The molecule has 0 spiro atoms. The van der Waals surface area contributed by atoms with Gasteiger partial charge in [-0.05, 0) is 47.5 Å². The van der Waals surface area contributed by atoms with Crippen LogP contribution in [0, 0.1) is 6.92 Å². The molecule has 0 amide bonds. The van der Waals surface area contributed by atoms with E-state index in [-0.39, 0.29) is 4.90 Å². The van der Waals surface area contributed by atoms with Gasteiger partial charge in [-0.15, -0.1) is 0 Å². The van der Waals surface area contributed by atoms with Crippen LogP contribution in [0.4, 0.5) is 0 Å². The molecule has 1 aromatic carbocycles. The molecule has 0 radical (unpaired) electrons. The fourth-order valence-electron chi connectivity index (χ4n) is 1.34. The first-order valence-electron chi connectivity index (χ1n) is 5.14. The largest absolute Gasteiger partial charge is 0.468 e. The van der Waals surface area contributed by atoms with E-state index < -0.39 is 22.0 Å². The summed E-state index contributed by atoms with van der Waals surface area (Å²) >= 11 is 3.19. The Balaban J connectivity index is 3.04. The third kappa shape index (κ3) is 3.54. The Bertz CT molecular complexity index is 556. The number of carbonyl (C=O) groups is 1. The second-order valence-corrected chi connectivity index (χ2v) is 6.34. The number of methoxy groups -OCH3 is 1. The van der Waals surface area contributed by atoms with Crippen molar-refractivity contribution >= 4 is 31.9 Å². The van der Waals surface area contributed by atoms with E-state index in [0.717, 1.165) is 5.56 Å². The molecule has 7 heteroatoms. The summed E-state index contributed by atoms with van der Waals surface area (Å²) in [5.74, 6) is -0.637. The lowest BCUT2D eigenvalue weighted by Gasteiger charge is -2.13. The fourth-order valence-corrected chi connectivity index (χ4v) is 3.73. The average molecular weight is 336 g/mol. The zero-order chi connectivity index (χ0) is 13.9. The molecule has 5 nitrogen and oxygen atoms in total. The second-order valence-electron chi connectivity index (χ2n) is 3.80. The molecular formula is C11H14BrNO4S. The van der Waals surface area contributed by atoms with E-state index in [1.54, 1.807) is 12.1 Å². The van der Waals surface area contributed by atoms with Crippen LogP contribution in [0.15, 0.2) is 27.6 Å². The van der Waals surface area contributed by atoms with Crippen molar-refractivity contribution in [2.45, 2.75) is 24.8 Å². The van der Waals surface area contributed by atoms with Crippen molar-refractivity contribution in [2.75, 3.05) is 7.11 Å². The number of ether oxygens (including phenoxy) is 1. The number of aryl methyl sites for hydroxylation is 1. The summed E-state index contributed by atoms with van der Waals surface area (Å²) in [6.45, 7) is 3.27. The molecule has 0 heterocycles. The van der Waals surface area contributed by atoms with Crippen LogP contribution < -0.4 is 4.72 Å². The van der Waals surface area contributed by atoms with E-state index in [4.69, 9.17) is 0 Å². The van der Waals surface area contributed by atoms with Crippen molar-refractivity contribution in [2.24, 2.45) is 0 Å². The van der Waals surface area contributed by atoms with Crippen LogP contribution in [0.25, 0.3) is 0 Å². The summed E-state index contributed by atoms with van der Waals surface area (Å²) in [7, 11) is -2.56. The number of hydrogen-bond donors (Lipinski definition) is 1. The Morgan fingerprint density at radius 2 is 2.06 bits per heavy atom. The van der Waals surface area contributed by atoms with Crippen molar-refractivity contribution in [1.82, 2.24) is 4.72 Å². The second kappa shape index (κ2) is 5.81. The number of nitrogens with one attached hydrogen (secondary N) is 1. The minimum Gasteiger partial charge on any atom is -0.468 e. The van der Waals surface area contributed by atoms with Crippen LogP contribution in [0.2, 0.25) is 0 Å². The summed E-state index contributed by atoms with van der Waals surface area (Å²) in [5, 5.41) is 0. The lowest BCUT2D eigenvalue weighted by Crippen LogP contribution is -2.39. The zero-order valence-electron chi connectivity index (χ0n) is 10.2. The molecule has 1 rings (SSSR count). The highest BCUT2D eigenvalue weighted by Crippen LogP contribution is 2.23. The molecule has 0 aliphatic heterocycles. The van der Waals surface area contributed by atoms with Crippen LogP contribution >= 0.6 is 15.9 Å². The SMILES string of the molecule is COC(=O)C(C)NS(=O)(=O)c1ccc(C)cc1Br. The summed E-state index contributed by atoms with van der Waals surface area (Å²) in [4.78, 5) is 11.3. The maximum atomic E-state index is 12.0. The molecule has 0 aliphatic rings. The van der Waals surface area contributed by atoms with Gasteiger partial charge in [-0.1, -0.05) is 6.07 Å². The number of rotatable bonds is 4. The molecule has 1 unspecified atom stereocenters. The summed E-state index contributed by atoms with van der Waals surface area (Å²) in [5.41, 5.74) is 0.932. The predicted octanol–water partition coefficient (Wildman–Crippen LogP) is 1.60. The maximum absolute atomic E-state index is 12.0. The van der Waals surface area contributed by atoms with Crippen molar-refractivity contribution in [1.29, 1.82) is 0 Å². The molecule has 1 N–H and O–H groups in total. The van der Waals surface area contributed by atoms with Gasteiger partial charge in [-0.3, -0.25) is 4.79 Å². The number of benzene rings is 1. The molecule has 0 aromatic heterocycles. The Labute approximate surface area is 115 Å². The summed E-state index contributed by atoms with van der Waals surface area (Å²) in [6, 6.07) is 3.92. The Morgan fingerprint density at radius 1 is 1.44 bits per heavy atom. The topological polar surface area (TPSA) is 72.5 Å². The first-order chi connectivity index (χ1) is 8.27. The van der Waals surface area contributed by atoms with Crippen molar-refractivity contribution < 1.29 is 17.9 Å². The van der Waals surface area contributed by atoms with Crippen LogP contribution in [0.5, 0.6) is 0 Å². The van der Waals surface area contributed by atoms with Gasteiger partial charge in [0.1, 0.15) is 6.04 Å². The molecule has 1 atom stereocenters. The Kier molecular flexibility index (Phi) is 4.89. The van der Waals surface area contributed by atoms with Gasteiger partial charge in [0.2, 0.25) is 10.0 Å². The third-order valence-corrected chi connectivity index (χ3v) is 4.78. The van der Waals surface area contributed by atoms with Gasteiger partial charge < -0.3 is 4.74 Å². The maximum Gasteiger partial charge on any atom is 0.323 e. The number of esters is 1. The lowest BCUT2D eigenvalue weighted by atomic mass is 10.2. The first-order valence-corrected chi connectivity index (χ1v) is 7.42. The fraction of sp³-hybridized carbons (Fsp3) is 0.364. The van der Waals surface area contributed by atoms with Crippen molar-refractivity contribution in [3.63, 3.8) is 0 Å². The van der Waals surface area contributed by atoms with E-state index in [0.29, 0.717) is 4.47 Å².